The highest BCUT2D eigenvalue weighted by molar-refractivity contribution is 7.89. The van der Waals surface area contributed by atoms with Crippen molar-refractivity contribution in [1.82, 2.24) is 10.0 Å². The van der Waals surface area contributed by atoms with Crippen molar-refractivity contribution in [1.29, 1.82) is 0 Å². The SMILES string of the molecule is CCNS(=O)(=O)CCNCc1ccc(OC)c(Cl)c1. The number of methoxy groups -OCH3 is 1. The fourth-order valence-corrected chi connectivity index (χ4v) is 2.83. The molecule has 108 valence electrons. The standard InChI is InChI=1S/C12H19ClN2O3S/c1-3-15-19(16,17)7-6-14-9-10-4-5-12(18-2)11(13)8-10/h4-5,8,14-15H,3,6-7,9H2,1-2H3. The van der Waals surface area contributed by atoms with E-state index in [0.29, 0.717) is 30.4 Å². The molecule has 0 saturated carbocycles. The van der Waals surface area contributed by atoms with Crippen LogP contribution in [0.4, 0.5) is 0 Å². The van der Waals surface area contributed by atoms with Crippen molar-refractivity contribution in [2.75, 3.05) is 26.0 Å². The van der Waals surface area contributed by atoms with Crippen LogP contribution in [-0.2, 0) is 16.6 Å². The number of hydrogen-bond donors (Lipinski definition) is 2. The van der Waals surface area contributed by atoms with E-state index in [9.17, 15) is 8.42 Å². The van der Waals surface area contributed by atoms with Crippen molar-refractivity contribution in [3.8, 4) is 5.75 Å². The van der Waals surface area contributed by atoms with Crippen LogP contribution in [0, 0.1) is 0 Å². The van der Waals surface area contributed by atoms with Crippen molar-refractivity contribution in [3.05, 3.63) is 28.8 Å². The number of benzene rings is 1. The second-order valence-electron chi connectivity index (χ2n) is 3.96. The third-order valence-corrected chi connectivity index (χ3v) is 4.22. The minimum atomic E-state index is -3.16. The fourth-order valence-electron chi connectivity index (χ4n) is 1.55. The van der Waals surface area contributed by atoms with Crippen molar-refractivity contribution in [3.63, 3.8) is 0 Å². The molecule has 2 N–H and O–H groups in total. The smallest absolute Gasteiger partial charge is 0.212 e. The first kappa shape index (κ1) is 16.2. The molecule has 0 aliphatic rings. The van der Waals surface area contributed by atoms with Crippen LogP contribution in [0.3, 0.4) is 0 Å². The molecular formula is C12H19ClN2O3S. The summed E-state index contributed by atoms with van der Waals surface area (Å²) in [6.45, 7) is 3.12. The normalized spacial score (nSPS) is 11.5. The number of nitrogens with one attached hydrogen (secondary N) is 2. The van der Waals surface area contributed by atoms with E-state index in [2.05, 4.69) is 10.0 Å². The molecule has 0 radical (unpaired) electrons. The molecule has 1 rings (SSSR count). The van der Waals surface area contributed by atoms with E-state index in [0.717, 1.165) is 5.56 Å². The summed E-state index contributed by atoms with van der Waals surface area (Å²) in [5, 5.41) is 3.61. The van der Waals surface area contributed by atoms with Crippen LogP contribution in [0.1, 0.15) is 12.5 Å². The predicted molar refractivity (Wildman–Crippen MR) is 77.2 cm³/mol. The number of hydrogen-bond acceptors (Lipinski definition) is 4. The van der Waals surface area contributed by atoms with Gasteiger partial charge in [-0.1, -0.05) is 24.6 Å². The van der Waals surface area contributed by atoms with Gasteiger partial charge in [-0.25, -0.2) is 13.1 Å². The topological polar surface area (TPSA) is 67.4 Å². The highest BCUT2D eigenvalue weighted by Gasteiger charge is 2.07. The summed E-state index contributed by atoms with van der Waals surface area (Å²) in [6, 6.07) is 5.47. The zero-order valence-corrected chi connectivity index (χ0v) is 12.6. The molecule has 0 heterocycles. The Labute approximate surface area is 119 Å². The van der Waals surface area contributed by atoms with Crippen molar-refractivity contribution < 1.29 is 13.2 Å². The summed E-state index contributed by atoms with van der Waals surface area (Å²) < 4.78 is 30.3. The van der Waals surface area contributed by atoms with Crippen LogP contribution in [0.5, 0.6) is 5.75 Å². The van der Waals surface area contributed by atoms with Gasteiger partial charge in [0, 0.05) is 19.6 Å². The Morgan fingerprint density at radius 3 is 2.68 bits per heavy atom. The molecule has 0 fully saturated rings. The molecule has 0 aliphatic carbocycles. The lowest BCUT2D eigenvalue weighted by Gasteiger charge is -2.08. The molecular weight excluding hydrogens is 288 g/mol. The van der Waals surface area contributed by atoms with Gasteiger partial charge in [0.1, 0.15) is 5.75 Å². The van der Waals surface area contributed by atoms with E-state index in [1.807, 2.05) is 6.07 Å². The number of rotatable bonds is 8. The molecule has 19 heavy (non-hydrogen) atoms. The summed E-state index contributed by atoms with van der Waals surface area (Å²) in [5.41, 5.74) is 0.978. The first-order valence-corrected chi connectivity index (χ1v) is 8.02. The van der Waals surface area contributed by atoms with E-state index in [1.54, 1.807) is 26.2 Å². The van der Waals surface area contributed by atoms with Gasteiger partial charge in [0.15, 0.2) is 0 Å². The third kappa shape index (κ3) is 5.78. The van der Waals surface area contributed by atoms with Gasteiger partial charge in [-0.2, -0.15) is 0 Å². The molecule has 1 aromatic rings. The average molecular weight is 307 g/mol. The lowest BCUT2D eigenvalue weighted by molar-refractivity contribution is 0.415. The lowest BCUT2D eigenvalue weighted by atomic mass is 10.2. The quantitative estimate of drug-likeness (QED) is 0.712. The van der Waals surface area contributed by atoms with Crippen LogP contribution in [0.15, 0.2) is 18.2 Å². The molecule has 0 atom stereocenters. The van der Waals surface area contributed by atoms with Gasteiger partial charge < -0.3 is 10.1 Å². The summed E-state index contributed by atoms with van der Waals surface area (Å²) in [4.78, 5) is 0. The van der Waals surface area contributed by atoms with Crippen LogP contribution in [0.25, 0.3) is 0 Å². The molecule has 0 amide bonds. The Morgan fingerprint density at radius 2 is 2.11 bits per heavy atom. The molecule has 0 spiro atoms. The number of halogens is 1. The van der Waals surface area contributed by atoms with E-state index < -0.39 is 10.0 Å². The van der Waals surface area contributed by atoms with Gasteiger partial charge in [-0.15, -0.1) is 0 Å². The van der Waals surface area contributed by atoms with Crippen LogP contribution >= 0.6 is 11.6 Å². The van der Waals surface area contributed by atoms with Gasteiger partial charge in [-0.05, 0) is 17.7 Å². The Kier molecular flexibility index (Phi) is 6.57. The summed E-state index contributed by atoms with van der Waals surface area (Å²) in [6.07, 6.45) is 0. The molecule has 0 saturated heterocycles. The summed E-state index contributed by atoms with van der Waals surface area (Å²) in [7, 11) is -1.60. The molecule has 0 unspecified atom stereocenters. The van der Waals surface area contributed by atoms with Crippen molar-refractivity contribution in [2.45, 2.75) is 13.5 Å². The van der Waals surface area contributed by atoms with E-state index in [-0.39, 0.29) is 5.75 Å². The van der Waals surface area contributed by atoms with E-state index >= 15 is 0 Å². The Hall–Kier alpha value is -0.820. The molecule has 5 nitrogen and oxygen atoms in total. The molecule has 0 aliphatic heterocycles. The number of ether oxygens (including phenoxy) is 1. The monoisotopic (exact) mass is 306 g/mol. The van der Waals surface area contributed by atoms with Gasteiger partial charge in [-0.3, -0.25) is 0 Å². The highest BCUT2D eigenvalue weighted by Crippen LogP contribution is 2.24. The second-order valence-corrected chi connectivity index (χ2v) is 6.30. The Bertz CT molecular complexity index is 506. The zero-order chi connectivity index (χ0) is 14.3. The van der Waals surface area contributed by atoms with E-state index in [1.165, 1.54) is 0 Å². The predicted octanol–water partition coefficient (Wildman–Crippen LogP) is 1.38. The molecule has 0 bridgehead atoms. The van der Waals surface area contributed by atoms with Gasteiger partial charge in [0.2, 0.25) is 10.0 Å². The molecule has 0 aromatic heterocycles. The summed E-state index contributed by atoms with van der Waals surface area (Å²) in [5.74, 6) is 0.685. The molecule has 1 aromatic carbocycles. The largest absolute Gasteiger partial charge is 0.495 e. The first-order chi connectivity index (χ1) is 8.98. The van der Waals surface area contributed by atoms with Gasteiger partial charge in [0.25, 0.3) is 0 Å². The second kappa shape index (κ2) is 7.69. The number of sulfonamides is 1. The van der Waals surface area contributed by atoms with Gasteiger partial charge in [0.05, 0.1) is 17.9 Å². The molecule has 7 heteroatoms. The van der Waals surface area contributed by atoms with Crippen molar-refractivity contribution in [2.24, 2.45) is 0 Å². The zero-order valence-electron chi connectivity index (χ0n) is 11.1. The van der Waals surface area contributed by atoms with Crippen LogP contribution < -0.4 is 14.8 Å². The maximum atomic E-state index is 11.4. The van der Waals surface area contributed by atoms with Crippen LogP contribution in [0.2, 0.25) is 5.02 Å². The summed E-state index contributed by atoms with van der Waals surface area (Å²) >= 11 is 6.00. The van der Waals surface area contributed by atoms with Crippen molar-refractivity contribution >= 4 is 21.6 Å². The Balaban J connectivity index is 2.40. The third-order valence-electron chi connectivity index (χ3n) is 2.46. The average Bonchev–Trinajstić information content (AvgIpc) is 2.35. The maximum absolute atomic E-state index is 11.4. The first-order valence-electron chi connectivity index (χ1n) is 5.99. The lowest BCUT2D eigenvalue weighted by Crippen LogP contribution is -2.31. The maximum Gasteiger partial charge on any atom is 0.212 e. The fraction of sp³-hybridized carbons (Fsp3) is 0.500. The minimum Gasteiger partial charge on any atom is -0.495 e. The van der Waals surface area contributed by atoms with Gasteiger partial charge >= 0.3 is 0 Å². The van der Waals surface area contributed by atoms with E-state index in [4.69, 9.17) is 16.3 Å². The minimum absolute atomic E-state index is 0.0602. The highest BCUT2D eigenvalue weighted by atomic mass is 35.5. The Morgan fingerprint density at radius 1 is 1.37 bits per heavy atom. The van der Waals surface area contributed by atoms with Crippen LogP contribution in [-0.4, -0.2) is 34.4 Å².